The van der Waals surface area contributed by atoms with Gasteiger partial charge in [0.25, 0.3) is 0 Å². The largest absolute Gasteiger partial charge is 0.214 e. The van der Waals surface area contributed by atoms with E-state index in [1.54, 1.807) is 11.2 Å². The average molecular weight is 205 g/mol. The Kier molecular flexibility index (Phi) is 3.74. The molecule has 1 rings (SSSR count). The molecule has 1 saturated carbocycles. The first-order valence-electron chi connectivity index (χ1n) is 5.11. The molecular weight excluding hydrogens is 186 g/mol. The third-order valence-corrected chi connectivity index (χ3v) is 4.33. The number of unbranched alkanes of at least 4 members (excludes halogenated alkanes) is 1. The smallest absolute Gasteiger partial charge is 0.212 e. The zero-order chi connectivity index (χ0) is 9.90. The fourth-order valence-corrected chi connectivity index (χ4v) is 2.80. The SMILES string of the molecule is CCCCN(C1CC1)S(=O)(=O)CC. The predicted octanol–water partition coefficient (Wildman–Crippen LogP) is 1.60. The van der Waals surface area contributed by atoms with Crippen LogP contribution in [0.3, 0.4) is 0 Å². The quantitative estimate of drug-likeness (QED) is 0.660. The van der Waals surface area contributed by atoms with Crippen molar-refractivity contribution in [3.63, 3.8) is 0 Å². The van der Waals surface area contributed by atoms with E-state index in [0.29, 0.717) is 6.04 Å². The van der Waals surface area contributed by atoms with Crippen LogP contribution in [0.1, 0.15) is 39.5 Å². The summed E-state index contributed by atoms with van der Waals surface area (Å²) in [5.41, 5.74) is 0. The lowest BCUT2D eigenvalue weighted by molar-refractivity contribution is 0.396. The summed E-state index contributed by atoms with van der Waals surface area (Å²) in [4.78, 5) is 0. The van der Waals surface area contributed by atoms with Crippen molar-refractivity contribution in [3.05, 3.63) is 0 Å². The molecule has 78 valence electrons. The van der Waals surface area contributed by atoms with Gasteiger partial charge in [0.15, 0.2) is 0 Å². The van der Waals surface area contributed by atoms with Crippen molar-refractivity contribution >= 4 is 10.0 Å². The third kappa shape index (κ3) is 2.95. The van der Waals surface area contributed by atoms with Gasteiger partial charge in [0.2, 0.25) is 10.0 Å². The van der Waals surface area contributed by atoms with E-state index in [4.69, 9.17) is 0 Å². The summed E-state index contributed by atoms with van der Waals surface area (Å²) in [7, 11) is -2.94. The van der Waals surface area contributed by atoms with Gasteiger partial charge in [-0.2, -0.15) is 4.31 Å². The van der Waals surface area contributed by atoms with Gasteiger partial charge in [-0.1, -0.05) is 13.3 Å². The molecule has 0 aromatic carbocycles. The number of nitrogens with zero attached hydrogens (tertiary/aromatic N) is 1. The van der Waals surface area contributed by atoms with E-state index in [9.17, 15) is 8.42 Å². The summed E-state index contributed by atoms with van der Waals surface area (Å²) < 4.78 is 24.9. The first-order valence-corrected chi connectivity index (χ1v) is 6.72. The van der Waals surface area contributed by atoms with Gasteiger partial charge in [0.1, 0.15) is 0 Å². The van der Waals surface area contributed by atoms with Crippen molar-refractivity contribution in [3.8, 4) is 0 Å². The van der Waals surface area contributed by atoms with Crippen molar-refractivity contribution < 1.29 is 8.42 Å². The van der Waals surface area contributed by atoms with Gasteiger partial charge in [-0.15, -0.1) is 0 Å². The monoisotopic (exact) mass is 205 g/mol. The Labute approximate surface area is 81.2 Å². The summed E-state index contributed by atoms with van der Waals surface area (Å²) >= 11 is 0. The lowest BCUT2D eigenvalue weighted by Crippen LogP contribution is -2.35. The summed E-state index contributed by atoms with van der Waals surface area (Å²) in [5, 5.41) is 0. The molecular formula is C9H19NO2S. The highest BCUT2D eigenvalue weighted by Crippen LogP contribution is 2.29. The molecule has 0 N–H and O–H groups in total. The van der Waals surface area contributed by atoms with Crippen LogP contribution < -0.4 is 0 Å². The molecule has 0 heterocycles. The van der Waals surface area contributed by atoms with Crippen molar-refractivity contribution in [2.24, 2.45) is 0 Å². The van der Waals surface area contributed by atoms with Gasteiger partial charge in [-0.05, 0) is 26.2 Å². The maximum absolute atomic E-state index is 11.6. The average Bonchev–Trinajstić information content (AvgIpc) is 2.89. The van der Waals surface area contributed by atoms with Gasteiger partial charge in [-0.3, -0.25) is 0 Å². The molecule has 0 aromatic rings. The van der Waals surface area contributed by atoms with E-state index in [-0.39, 0.29) is 5.75 Å². The highest BCUT2D eigenvalue weighted by molar-refractivity contribution is 7.89. The van der Waals surface area contributed by atoms with E-state index in [0.717, 1.165) is 32.2 Å². The van der Waals surface area contributed by atoms with E-state index in [1.807, 2.05) is 0 Å². The molecule has 13 heavy (non-hydrogen) atoms. The van der Waals surface area contributed by atoms with Crippen molar-refractivity contribution in [2.45, 2.75) is 45.6 Å². The topological polar surface area (TPSA) is 37.4 Å². The molecule has 0 unspecified atom stereocenters. The zero-order valence-electron chi connectivity index (χ0n) is 8.49. The van der Waals surface area contributed by atoms with Crippen LogP contribution in [0.2, 0.25) is 0 Å². The third-order valence-electron chi connectivity index (χ3n) is 2.41. The van der Waals surface area contributed by atoms with Gasteiger partial charge >= 0.3 is 0 Å². The minimum absolute atomic E-state index is 0.243. The van der Waals surface area contributed by atoms with E-state index < -0.39 is 10.0 Å². The number of sulfonamides is 1. The molecule has 0 aliphatic heterocycles. The second-order valence-corrected chi connectivity index (χ2v) is 5.81. The molecule has 1 fully saturated rings. The maximum atomic E-state index is 11.6. The van der Waals surface area contributed by atoms with Gasteiger partial charge in [0, 0.05) is 12.6 Å². The van der Waals surface area contributed by atoms with Crippen LogP contribution >= 0.6 is 0 Å². The Hall–Kier alpha value is -0.0900. The van der Waals surface area contributed by atoms with Crippen LogP contribution in [0.25, 0.3) is 0 Å². The van der Waals surface area contributed by atoms with Crippen LogP contribution in [-0.2, 0) is 10.0 Å². The molecule has 0 spiro atoms. The van der Waals surface area contributed by atoms with Crippen LogP contribution in [0.5, 0.6) is 0 Å². The van der Waals surface area contributed by atoms with E-state index in [1.165, 1.54) is 0 Å². The van der Waals surface area contributed by atoms with Crippen LogP contribution in [-0.4, -0.2) is 31.1 Å². The van der Waals surface area contributed by atoms with Crippen molar-refractivity contribution in [1.82, 2.24) is 4.31 Å². The number of hydrogen-bond donors (Lipinski definition) is 0. The summed E-state index contributed by atoms with van der Waals surface area (Å²) in [6.07, 6.45) is 4.16. The molecule has 1 aliphatic carbocycles. The lowest BCUT2D eigenvalue weighted by Gasteiger charge is -2.20. The van der Waals surface area contributed by atoms with Gasteiger partial charge in [0.05, 0.1) is 5.75 Å². The second kappa shape index (κ2) is 4.42. The Morgan fingerprint density at radius 1 is 1.31 bits per heavy atom. The normalized spacial score (nSPS) is 18.1. The molecule has 3 nitrogen and oxygen atoms in total. The molecule has 4 heteroatoms. The molecule has 1 aliphatic rings. The standard InChI is InChI=1S/C9H19NO2S/c1-3-5-8-10(9-6-7-9)13(11,12)4-2/h9H,3-8H2,1-2H3. The Balaban J connectivity index is 2.56. The Morgan fingerprint density at radius 3 is 2.31 bits per heavy atom. The molecule has 0 radical (unpaired) electrons. The van der Waals surface area contributed by atoms with Gasteiger partial charge < -0.3 is 0 Å². The summed E-state index contributed by atoms with van der Waals surface area (Å²) in [6, 6.07) is 0.330. The van der Waals surface area contributed by atoms with Crippen LogP contribution in [0, 0.1) is 0 Å². The molecule has 0 aromatic heterocycles. The van der Waals surface area contributed by atoms with E-state index >= 15 is 0 Å². The number of rotatable bonds is 6. The Bertz CT molecular complexity index is 244. The van der Waals surface area contributed by atoms with Crippen LogP contribution in [0.4, 0.5) is 0 Å². The maximum Gasteiger partial charge on any atom is 0.214 e. The molecule has 0 amide bonds. The second-order valence-electron chi connectivity index (χ2n) is 3.60. The first-order chi connectivity index (χ1) is 6.11. The van der Waals surface area contributed by atoms with E-state index in [2.05, 4.69) is 6.92 Å². The lowest BCUT2D eigenvalue weighted by atomic mass is 10.3. The Morgan fingerprint density at radius 2 is 1.92 bits per heavy atom. The summed E-state index contributed by atoms with van der Waals surface area (Å²) in [6.45, 7) is 4.53. The van der Waals surface area contributed by atoms with Gasteiger partial charge in [-0.25, -0.2) is 8.42 Å². The summed E-state index contributed by atoms with van der Waals surface area (Å²) in [5.74, 6) is 0.243. The highest BCUT2D eigenvalue weighted by Gasteiger charge is 2.35. The number of hydrogen-bond acceptors (Lipinski definition) is 2. The minimum atomic E-state index is -2.94. The first kappa shape index (κ1) is 11.0. The molecule has 0 bridgehead atoms. The minimum Gasteiger partial charge on any atom is -0.212 e. The highest BCUT2D eigenvalue weighted by atomic mass is 32.2. The zero-order valence-corrected chi connectivity index (χ0v) is 9.31. The van der Waals surface area contributed by atoms with Crippen molar-refractivity contribution in [1.29, 1.82) is 0 Å². The fraction of sp³-hybridized carbons (Fsp3) is 1.00. The van der Waals surface area contributed by atoms with Crippen molar-refractivity contribution in [2.75, 3.05) is 12.3 Å². The predicted molar refractivity (Wildman–Crippen MR) is 54.1 cm³/mol. The molecule has 0 saturated heterocycles. The van der Waals surface area contributed by atoms with Crippen LogP contribution in [0.15, 0.2) is 0 Å². The fourth-order valence-electron chi connectivity index (χ4n) is 1.39. The molecule has 0 atom stereocenters.